The number of benzene rings is 2. The molecule has 0 atom stereocenters. The first-order chi connectivity index (χ1) is 11.4. The van der Waals surface area contributed by atoms with E-state index in [1.807, 2.05) is 17.1 Å². The van der Waals surface area contributed by atoms with Crippen molar-refractivity contribution in [2.75, 3.05) is 0 Å². The largest absolute Gasteiger partial charge is 1.00 e. The molecule has 0 aromatic heterocycles. The maximum absolute atomic E-state index is 2.54. The number of rotatable bonds is 3. The normalized spacial score (nSPS) is 13.2. The molecule has 0 amide bonds. The summed E-state index contributed by atoms with van der Waals surface area (Å²) in [6, 6.07) is 16.1. The van der Waals surface area contributed by atoms with Crippen molar-refractivity contribution in [3.05, 3.63) is 75.1 Å². The van der Waals surface area contributed by atoms with E-state index in [0.717, 1.165) is 0 Å². The topological polar surface area (TPSA) is 0 Å². The van der Waals surface area contributed by atoms with Gasteiger partial charge in [0.05, 0.1) is 0 Å². The van der Waals surface area contributed by atoms with Gasteiger partial charge in [-0.1, -0.05) is 13.8 Å². The third kappa shape index (κ3) is 4.48. The maximum Gasteiger partial charge on any atom is -1.00 e. The van der Waals surface area contributed by atoms with Crippen molar-refractivity contribution in [3.8, 4) is 11.1 Å². The maximum atomic E-state index is 2.54. The van der Waals surface area contributed by atoms with Crippen LogP contribution >= 0.6 is 0 Å². The molecule has 131 valence electrons. The van der Waals surface area contributed by atoms with E-state index in [4.69, 9.17) is 0 Å². The van der Waals surface area contributed by atoms with Gasteiger partial charge in [-0.2, -0.15) is 0 Å². The van der Waals surface area contributed by atoms with Gasteiger partial charge in [-0.3, -0.25) is 0 Å². The molecule has 0 unspecified atom stereocenters. The van der Waals surface area contributed by atoms with Crippen LogP contribution in [0.2, 0.25) is 6.55 Å². The summed E-state index contributed by atoms with van der Waals surface area (Å²) in [6.07, 6.45) is 9.47. The SMILES string of the molecule is CC.C[SiH2][Zr+2]([C]1=CC=CC1)[c]1cccc2c1Cc1ccccc1-2.[Cl-].[Cl-]. The van der Waals surface area contributed by atoms with Crippen LogP contribution in [-0.2, 0) is 27.3 Å². The van der Waals surface area contributed by atoms with Gasteiger partial charge in [0.2, 0.25) is 0 Å². The fraction of sp³-hybridized carbons (Fsp3) is 0.238. The Morgan fingerprint density at radius 3 is 2.32 bits per heavy atom. The van der Waals surface area contributed by atoms with Gasteiger partial charge in [-0.15, -0.1) is 0 Å². The second-order valence-corrected chi connectivity index (χ2v) is 21.2. The molecule has 2 aliphatic carbocycles. The molecule has 0 bridgehead atoms. The molecule has 2 aliphatic rings. The number of hydrogen-bond donors (Lipinski definition) is 0. The Morgan fingerprint density at radius 2 is 1.64 bits per heavy atom. The molecule has 0 fully saturated rings. The predicted octanol–water partition coefficient (Wildman–Crippen LogP) is -1.49. The van der Waals surface area contributed by atoms with E-state index in [-0.39, 0.29) is 31.5 Å². The molecular formula is C21H25Cl2SiZr. The van der Waals surface area contributed by atoms with E-state index in [1.54, 1.807) is 8.83 Å². The number of allylic oxidation sites excluding steroid dienone is 4. The van der Waals surface area contributed by atoms with Crippen molar-refractivity contribution in [1.29, 1.82) is 0 Å². The van der Waals surface area contributed by atoms with Crippen LogP contribution in [-0.4, -0.2) is 6.65 Å². The minimum Gasteiger partial charge on any atom is -1.00 e. The van der Waals surface area contributed by atoms with Crippen LogP contribution in [0.15, 0.2) is 64.0 Å². The number of fused-ring (bicyclic) bond motifs is 3. The van der Waals surface area contributed by atoms with E-state index in [1.165, 1.54) is 29.5 Å². The van der Waals surface area contributed by atoms with E-state index >= 15 is 0 Å². The standard InChI is InChI=1S/C13H9.C5H5.C2H6.CH5Si.2ClH.Zr/c1-3-7-12-10(5-1)9-11-6-2-4-8-13(11)12;1-2-4-5-3-1;2*1-2;;;/h1-5,7-8H,9H2;1-3H,4H2;1-2H3;2H2,1H3;2*1H;/q;;;;;;+2/p-2. The molecule has 4 heteroatoms. The van der Waals surface area contributed by atoms with Crippen LogP contribution in [0.4, 0.5) is 0 Å². The number of hydrogen-bond acceptors (Lipinski definition) is 0. The van der Waals surface area contributed by atoms with Crippen molar-refractivity contribution in [3.63, 3.8) is 0 Å². The van der Waals surface area contributed by atoms with Crippen molar-refractivity contribution >= 4 is 9.92 Å². The average Bonchev–Trinajstić information content (AvgIpc) is 3.25. The van der Waals surface area contributed by atoms with E-state index in [0.29, 0.717) is 0 Å². The van der Waals surface area contributed by atoms with Gasteiger partial charge in [0, 0.05) is 0 Å². The van der Waals surface area contributed by atoms with Gasteiger partial charge in [0.25, 0.3) is 0 Å². The molecule has 0 N–H and O–H groups in total. The second kappa shape index (κ2) is 10.7. The smallest absolute Gasteiger partial charge is 1.00 e. The minimum absolute atomic E-state index is 0. The van der Waals surface area contributed by atoms with E-state index < -0.39 is 20.9 Å². The third-order valence-electron chi connectivity index (χ3n) is 4.69. The fourth-order valence-electron chi connectivity index (χ4n) is 3.70. The second-order valence-electron chi connectivity index (χ2n) is 5.82. The Labute approximate surface area is 174 Å². The fourth-order valence-corrected chi connectivity index (χ4v) is 18.9. The monoisotopic (exact) mass is 465 g/mol. The summed E-state index contributed by atoms with van der Waals surface area (Å²) in [5, 5.41) is 0. The van der Waals surface area contributed by atoms with Crippen molar-refractivity contribution in [1.82, 2.24) is 0 Å². The van der Waals surface area contributed by atoms with Crippen LogP contribution in [0.5, 0.6) is 0 Å². The third-order valence-corrected chi connectivity index (χ3v) is 21.1. The van der Waals surface area contributed by atoms with Crippen LogP contribution in [0.25, 0.3) is 11.1 Å². The van der Waals surface area contributed by atoms with Crippen molar-refractivity contribution in [2.24, 2.45) is 0 Å². The van der Waals surface area contributed by atoms with Crippen LogP contribution in [0, 0.1) is 0 Å². The molecule has 0 saturated carbocycles. The van der Waals surface area contributed by atoms with Crippen LogP contribution in [0.1, 0.15) is 31.4 Å². The van der Waals surface area contributed by atoms with Gasteiger partial charge in [-0.25, -0.2) is 0 Å². The van der Waals surface area contributed by atoms with E-state index in [9.17, 15) is 0 Å². The van der Waals surface area contributed by atoms with Crippen LogP contribution < -0.4 is 28.1 Å². The zero-order valence-corrected chi connectivity index (χ0v) is 20.5. The quantitative estimate of drug-likeness (QED) is 0.412. The van der Waals surface area contributed by atoms with Crippen molar-refractivity contribution < 1.29 is 45.7 Å². The zero-order valence-electron chi connectivity index (χ0n) is 15.2. The molecular weight excluding hydrogens is 442 g/mol. The predicted molar refractivity (Wildman–Crippen MR) is 102 cm³/mol. The van der Waals surface area contributed by atoms with Crippen molar-refractivity contribution in [2.45, 2.75) is 33.2 Å². The van der Waals surface area contributed by atoms with Gasteiger partial charge in [0.15, 0.2) is 0 Å². The molecule has 0 aliphatic heterocycles. The molecule has 0 radical (unpaired) electrons. The summed E-state index contributed by atoms with van der Waals surface area (Å²) >= 11 is -1.52. The Kier molecular flexibility index (Phi) is 9.67. The molecule has 0 nitrogen and oxygen atoms in total. The molecule has 2 aromatic carbocycles. The summed E-state index contributed by atoms with van der Waals surface area (Å²) in [5.74, 6) is 0. The number of halogens is 2. The summed E-state index contributed by atoms with van der Waals surface area (Å²) in [5.41, 5.74) is 6.21. The molecule has 25 heavy (non-hydrogen) atoms. The Bertz CT molecular complexity index is 768. The Morgan fingerprint density at radius 1 is 0.920 bits per heavy atom. The molecule has 2 aromatic rings. The Hall–Kier alpha value is -0.400. The Balaban J connectivity index is 0.000000755. The first-order valence-electron chi connectivity index (χ1n) is 8.81. The van der Waals surface area contributed by atoms with Gasteiger partial charge < -0.3 is 24.8 Å². The average molecular weight is 468 g/mol. The van der Waals surface area contributed by atoms with E-state index in [2.05, 4.69) is 67.2 Å². The summed E-state index contributed by atoms with van der Waals surface area (Å²) in [4.78, 5) is 0. The first kappa shape index (κ1) is 22.6. The molecule has 0 spiro atoms. The summed E-state index contributed by atoms with van der Waals surface area (Å²) in [6.45, 7) is 6.62. The van der Waals surface area contributed by atoms with Gasteiger partial charge >= 0.3 is 136 Å². The zero-order chi connectivity index (χ0) is 16.2. The summed E-state index contributed by atoms with van der Waals surface area (Å²) < 4.78 is 3.63. The summed E-state index contributed by atoms with van der Waals surface area (Å²) in [7, 11) is 0. The minimum atomic E-state index is -1.52. The first-order valence-corrected chi connectivity index (χ1v) is 18.6. The molecule has 0 saturated heterocycles. The molecule has 4 rings (SSSR count). The van der Waals surface area contributed by atoms with Gasteiger partial charge in [-0.05, 0) is 0 Å². The van der Waals surface area contributed by atoms with Crippen LogP contribution in [0.3, 0.4) is 0 Å². The van der Waals surface area contributed by atoms with Gasteiger partial charge in [0.1, 0.15) is 0 Å². The molecule has 0 heterocycles.